The van der Waals surface area contributed by atoms with Gasteiger partial charge in [-0.25, -0.2) is 9.59 Å². The smallest absolute Gasteiger partial charge is 0.410 e. The molecule has 1 amide bonds. The number of esters is 1. The number of carbonyl (C=O) groups excluding carboxylic acids is 2. The molecule has 1 saturated heterocycles. The van der Waals surface area contributed by atoms with Gasteiger partial charge in [0, 0.05) is 36.4 Å². The Morgan fingerprint density at radius 1 is 1.03 bits per heavy atom. The lowest BCUT2D eigenvalue weighted by molar-refractivity contribution is 0.00584. The van der Waals surface area contributed by atoms with Crippen LogP contribution in [-0.2, 0) is 16.1 Å². The van der Waals surface area contributed by atoms with E-state index in [-0.39, 0.29) is 36.7 Å². The highest BCUT2D eigenvalue weighted by Crippen LogP contribution is 2.47. The lowest BCUT2D eigenvalue weighted by Gasteiger charge is -2.30. The van der Waals surface area contributed by atoms with E-state index in [1.54, 1.807) is 23.1 Å². The Morgan fingerprint density at radius 2 is 1.78 bits per heavy atom. The topological polar surface area (TPSA) is 81.9 Å². The van der Waals surface area contributed by atoms with Gasteiger partial charge in [-0.2, -0.15) is 0 Å². The number of halogens is 2. The molecule has 186 valence electrons. The van der Waals surface area contributed by atoms with Gasteiger partial charge in [0.2, 0.25) is 0 Å². The van der Waals surface area contributed by atoms with E-state index in [1.807, 2.05) is 30.3 Å². The van der Waals surface area contributed by atoms with E-state index in [4.69, 9.17) is 37.2 Å². The largest absolute Gasteiger partial charge is 0.458 e. The van der Waals surface area contributed by atoms with Crippen LogP contribution in [0.2, 0.25) is 10.0 Å². The maximum atomic E-state index is 13.5. The molecule has 2 heterocycles. The van der Waals surface area contributed by atoms with Crippen molar-refractivity contribution in [2.45, 2.75) is 50.4 Å². The molecule has 3 aromatic rings. The first-order valence-corrected chi connectivity index (χ1v) is 12.9. The van der Waals surface area contributed by atoms with Crippen molar-refractivity contribution >= 4 is 35.3 Å². The van der Waals surface area contributed by atoms with Crippen molar-refractivity contribution in [3.63, 3.8) is 0 Å². The molecule has 7 nitrogen and oxygen atoms in total. The third-order valence-corrected chi connectivity index (χ3v) is 7.88. The van der Waals surface area contributed by atoms with Crippen molar-refractivity contribution in [2.24, 2.45) is 5.92 Å². The minimum absolute atomic E-state index is 0.0149. The van der Waals surface area contributed by atoms with Crippen molar-refractivity contribution in [2.75, 3.05) is 6.54 Å². The third kappa shape index (κ3) is 4.35. The van der Waals surface area contributed by atoms with E-state index >= 15 is 0 Å². The number of nitrogens with zero attached hydrogens (tertiary/aromatic N) is 2. The predicted octanol–water partition coefficient (Wildman–Crippen LogP) is 6.48. The first-order valence-electron chi connectivity index (χ1n) is 12.1. The van der Waals surface area contributed by atoms with Crippen LogP contribution >= 0.6 is 23.2 Å². The van der Waals surface area contributed by atoms with Gasteiger partial charge < -0.3 is 18.9 Å². The maximum absolute atomic E-state index is 13.5. The van der Waals surface area contributed by atoms with E-state index in [9.17, 15) is 9.59 Å². The Kier molecular flexibility index (Phi) is 6.13. The summed E-state index contributed by atoms with van der Waals surface area (Å²) in [5, 5.41) is 4.95. The summed E-state index contributed by atoms with van der Waals surface area (Å²) in [6.07, 6.45) is 2.58. The fraction of sp³-hybridized carbons (Fsp3) is 0.370. The number of benzene rings is 2. The molecule has 36 heavy (non-hydrogen) atoms. The fourth-order valence-electron chi connectivity index (χ4n) is 5.29. The standard InChI is InChI=1S/C27H24Cl2N2O5/c28-19-7-4-8-20(29)22(19)24-23(25(36-30-24)16-9-10-16)26(32)35-21-12-18-11-17(21)13-31(18)27(33)34-14-15-5-2-1-3-6-15/h1-8,16-18,21H,9-14H2/t17-,18-,21-/m1/s1. The van der Waals surface area contributed by atoms with Crippen LogP contribution in [0.15, 0.2) is 53.1 Å². The van der Waals surface area contributed by atoms with E-state index in [2.05, 4.69) is 5.16 Å². The van der Waals surface area contributed by atoms with E-state index in [0.717, 1.165) is 24.8 Å². The summed E-state index contributed by atoms with van der Waals surface area (Å²) in [5.41, 5.74) is 2.02. The van der Waals surface area contributed by atoms with Crippen molar-refractivity contribution in [1.29, 1.82) is 0 Å². The third-order valence-electron chi connectivity index (χ3n) is 7.25. The first kappa shape index (κ1) is 23.4. The molecule has 1 aromatic heterocycles. The quantitative estimate of drug-likeness (QED) is 0.341. The SMILES string of the molecule is O=C(O[C@@H]1C[C@H]2C[C@@H]1CN2C(=O)OCc1ccccc1)c1c(-c2c(Cl)cccc2Cl)noc1C1CC1. The number of hydrogen-bond acceptors (Lipinski definition) is 6. The molecular formula is C27H24Cl2N2O5. The molecule has 2 saturated carbocycles. The van der Waals surface area contributed by atoms with E-state index in [0.29, 0.717) is 45.6 Å². The summed E-state index contributed by atoms with van der Waals surface area (Å²) in [6.45, 7) is 0.731. The summed E-state index contributed by atoms with van der Waals surface area (Å²) in [7, 11) is 0. The fourth-order valence-corrected chi connectivity index (χ4v) is 5.87. The number of amides is 1. The van der Waals surface area contributed by atoms with Crippen LogP contribution in [0.3, 0.4) is 0 Å². The molecule has 2 aromatic carbocycles. The zero-order valence-electron chi connectivity index (χ0n) is 19.4. The Labute approximate surface area is 218 Å². The number of aromatic nitrogens is 1. The first-order chi connectivity index (χ1) is 17.5. The molecule has 2 aliphatic carbocycles. The Hall–Kier alpha value is -3.03. The van der Waals surface area contributed by atoms with Crippen molar-refractivity contribution in [3.8, 4) is 11.3 Å². The summed E-state index contributed by atoms with van der Waals surface area (Å²) >= 11 is 12.8. The zero-order chi connectivity index (χ0) is 24.8. The molecule has 3 fully saturated rings. The zero-order valence-corrected chi connectivity index (χ0v) is 20.9. The van der Waals surface area contributed by atoms with Crippen LogP contribution in [-0.4, -0.2) is 40.8 Å². The van der Waals surface area contributed by atoms with Crippen molar-refractivity contribution < 1.29 is 23.6 Å². The summed E-state index contributed by atoms with van der Waals surface area (Å²) in [5.74, 6) is 0.241. The van der Waals surface area contributed by atoms with Gasteiger partial charge >= 0.3 is 12.1 Å². The summed E-state index contributed by atoms with van der Waals surface area (Å²) in [6, 6.07) is 14.7. The molecule has 0 N–H and O–H groups in total. The van der Waals surface area contributed by atoms with Gasteiger partial charge in [0.1, 0.15) is 24.0 Å². The maximum Gasteiger partial charge on any atom is 0.410 e. The number of ether oxygens (including phenoxy) is 2. The van der Waals surface area contributed by atoms with Gasteiger partial charge in [-0.15, -0.1) is 0 Å². The summed E-state index contributed by atoms with van der Waals surface area (Å²) in [4.78, 5) is 27.9. The van der Waals surface area contributed by atoms with Crippen LogP contribution in [0.1, 0.15) is 53.3 Å². The van der Waals surface area contributed by atoms with Gasteiger partial charge in [0.25, 0.3) is 0 Å². The lowest BCUT2D eigenvalue weighted by Crippen LogP contribution is -2.43. The predicted molar refractivity (Wildman–Crippen MR) is 133 cm³/mol. The highest BCUT2D eigenvalue weighted by atomic mass is 35.5. The molecule has 3 aliphatic rings. The number of fused-ring (bicyclic) bond motifs is 2. The Balaban J connectivity index is 1.15. The molecule has 0 spiro atoms. The van der Waals surface area contributed by atoms with Crippen LogP contribution < -0.4 is 0 Å². The van der Waals surface area contributed by atoms with Gasteiger partial charge in [-0.1, -0.05) is 64.8 Å². The van der Waals surface area contributed by atoms with Crippen LogP contribution in [0.4, 0.5) is 4.79 Å². The average Bonchev–Trinajstić information content (AvgIpc) is 3.31. The minimum Gasteiger partial charge on any atom is -0.458 e. The number of piperidine rings is 1. The number of rotatable bonds is 6. The van der Waals surface area contributed by atoms with Gasteiger partial charge in [-0.3, -0.25) is 0 Å². The average molecular weight is 527 g/mol. The van der Waals surface area contributed by atoms with Gasteiger partial charge in [0.15, 0.2) is 5.76 Å². The number of hydrogen-bond donors (Lipinski definition) is 0. The molecule has 3 atom stereocenters. The van der Waals surface area contributed by atoms with Crippen LogP contribution in [0, 0.1) is 5.92 Å². The summed E-state index contributed by atoms with van der Waals surface area (Å²) < 4.78 is 17.1. The molecule has 1 aliphatic heterocycles. The molecule has 9 heteroatoms. The normalized spacial score (nSPS) is 22.6. The Bertz CT molecular complexity index is 1290. The highest BCUT2D eigenvalue weighted by Gasteiger charge is 2.49. The van der Waals surface area contributed by atoms with Gasteiger partial charge in [-0.05, 0) is 37.0 Å². The molecule has 6 rings (SSSR count). The molecular weight excluding hydrogens is 503 g/mol. The number of likely N-dealkylation sites (tertiary alicyclic amines) is 1. The molecule has 0 radical (unpaired) electrons. The van der Waals surface area contributed by atoms with Crippen LogP contribution in [0.5, 0.6) is 0 Å². The Morgan fingerprint density at radius 3 is 2.44 bits per heavy atom. The van der Waals surface area contributed by atoms with Gasteiger partial charge in [0.05, 0.1) is 10.0 Å². The minimum atomic E-state index is -0.486. The molecule has 0 unspecified atom stereocenters. The van der Waals surface area contributed by atoms with E-state index < -0.39 is 5.97 Å². The van der Waals surface area contributed by atoms with E-state index in [1.165, 1.54) is 0 Å². The monoisotopic (exact) mass is 526 g/mol. The number of carbonyl (C=O) groups is 2. The second kappa shape index (κ2) is 9.45. The lowest BCUT2D eigenvalue weighted by atomic mass is 10.0. The highest BCUT2D eigenvalue weighted by molar-refractivity contribution is 6.39. The second-order valence-electron chi connectivity index (χ2n) is 9.66. The molecule has 2 bridgehead atoms. The van der Waals surface area contributed by atoms with Crippen LogP contribution in [0.25, 0.3) is 11.3 Å². The van der Waals surface area contributed by atoms with Crippen molar-refractivity contribution in [1.82, 2.24) is 10.1 Å². The van der Waals surface area contributed by atoms with Crippen molar-refractivity contribution in [3.05, 3.63) is 75.5 Å². The second-order valence-corrected chi connectivity index (χ2v) is 10.5.